The lowest BCUT2D eigenvalue weighted by molar-refractivity contribution is 1.09. The number of aromatic amines is 1. The highest BCUT2D eigenvalue weighted by Gasteiger charge is 2.10. The zero-order valence-electron chi connectivity index (χ0n) is 9.18. The van der Waals surface area contributed by atoms with Gasteiger partial charge in [0, 0.05) is 10.7 Å². The molecule has 0 amide bonds. The van der Waals surface area contributed by atoms with Crippen molar-refractivity contribution < 1.29 is 0 Å². The van der Waals surface area contributed by atoms with Gasteiger partial charge in [-0.15, -0.1) is 0 Å². The first-order chi connectivity index (χ1) is 8.74. The zero-order chi connectivity index (χ0) is 12.5. The van der Waals surface area contributed by atoms with Crippen LogP contribution in [0.2, 0.25) is 5.02 Å². The van der Waals surface area contributed by atoms with Crippen molar-refractivity contribution in [3.05, 3.63) is 35.6 Å². The number of fused-ring (bicyclic) bond motifs is 1. The Hall–Kier alpha value is -2.34. The number of anilines is 3. The molecule has 0 aliphatic carbocycles. The van der Waals surface area contributed by atoms with E-state index >= 15 is 0 Å². The van der Waals surface area contributed by atoms with Crippen LogP contribution < -0.4 is 11.1 Å². The molecule has 0 aliphatic rings. The van der Waals surface area contributed by atoms with E-state index in [4.69, 9.17) is 17.3 Å². The lowest BCUT2D eigenvalue weighted by Crippen LogP contribution is -1.96. The lowest BCUT2D eigenvalue weighted by Gasteiger charge is -2.06. The maximum Gasteiger partial charge on any atom is 0.188 e. The molecule has 18 heavy (non-hydrogen) atoms. The first-order valence-corrected chi connectivity index (χ1v) is 5.59. The maximum atomic E-state index is 5.92. The topological polar surface area (TPSA) is 92.5 Å². The van der Waals surface area contributed by atoms with Crippen molar-refractivity contribution in [1.29, 1.82) is 0 Å². The second-order valence-electron chi connectivity index (χ2n) is 3.69. The van der Waals surface area contributed by atoms with Crippen molar-refractivity contribution in [2.24, 2.45) is 0 Å². The third kappa shape index (κ3) is 1.82. The van der Waals surface area contributed by atoms with Crippen LogP contribution in [0.3, 0.4) is 0 Å². The van der Waals surface area contributed by atoms with E-state index in [1.807, 2.05) is 12.1 Å². The summed E-state index contributed by atoms with van der Waals surface area (Å²) in [5.41, 5.74) is 7.14. The Balaban J connectivity index is 2.07. The van der Waals surface area contributed by atoms with Crippen LogP contribution in [-0.2, 0) is 0 Å². The van der Waals surface area contributed by atoms with Crippen molar-refractivity contribution in [1.82, 2.24) is 20.2 Å². The average molecular weight is 261 g/mol. The number of rotatable bonds is 2. The van der Waals surface area contributed by atoms with Gasteiger partial charge in [0.25, 0.3) is 0 Å². The standard InChI is InChI=1S/C11H9ClN6/c12-6-2-1-3-7(4-6)16-10-8-9(13)17-18-11(8)15-5-14-10/h1-5H,(H4,13,14,15,16,17,18). The number of nitrogens with two attached hydrogens (primary N) is 1. The summed E-state index contributed by atoms with van der Waals surface area (Å²) in [7, 11) is 0. The van der Waals surface area contributed by atoms with Crippen LogP contribution in [0.25, 0.3) is 11.0 Å². The molecule has 3 rings (SSSR count). The van der Waals surface area contributed by atoms with Crippen LogP contribution in [0, 0.1) is 0 Å². The molecule has 3 aromatic rings. The molecule has 0 aliphatic heterocycles. The number of hydrogen-bond donors (Lipinski definition) is 3. The van der Waals surface area contributed by atoms with E-state index in [1.165, 1.54) is 6.33 Å². The van der Waals surface area contributed by atoms with E-state index in [0.29, 0.717) is 27.7 Å². The summed E-state index contributed by atoms with van der Waals surface area (Å²) in [6.45, 7) is 0. The zero-order valence-corrected chi connectivity index (χ0v) is 9.94. The molecule has 0 spiro atoms. The Morgan fingerprint density at radius 2 is 2.17 bits per heavy atom. The molecule has 7 heteroatoms. The molecule has 0 unspecified atom stereocenters. The quantitative estimate of drug-likeness (QED) is 0.658. The molecule has 0 saturated carbocycles. The highest BCUT2D eigenvalue weighted by atomic mass is 35.5. The maximum absolute atomic E-state index is 5.92. The largest absolute Gasteiger partial charge is 0.383 e. The molecule has 0 fully saturated rings. The van der Waals surface area contributed by atoms with Gasteiger partial charge in [0.05, 0.1) is 0 Å². The minimum Gasteiger partial charge on any atom is -0.383 e. The van der Waals surface area contributed by atoms with Crippen molar-refractivity contribution in [3.63, 3.8) is 0 Å². The van der Waals surface area contributed by atoms with E-state index in [2.05, 4.69) is 25.5 Å². The second kappa shape index (κ2) is 4.15. The summed E-state index contributed by atoms with van der Waals surface area (Å²) in [4.78, 5) is 8.18. The van der Waals surface area contributed by atoms with Gasteiger partial charge in [0.2, 0.25) is 0 Å². The molecular formula is C11H9ClN6. The summed E-state index contributed by atoms with van der Waals surface area (Å²) >= 11 is 5.92. The number of benzene rings is 1. The summed E-state index contributed by atoms with van der Waals surface area (Å²) in [6, 6.07) is 7.33. The van der Waals surface area contributed by atoms with Gasteiger partial charge in [0.15, 0.2) is 5.65 Å². The highest BCUT2D eigenvalue weighted by molar-refractivity contribution is 6.30. The number of aromatic nitrogens is 4. The van der Waals surface area contributed by atoms with Gasteiger partial charge in [-0.3, -0.25) is 5.10 Å². The minimum atomic E-state index is 0.426. The summed E-state index contributed by atoms with van der Waals surface area (Å²) < 4.78 is 0. The fourth-order valence-electron chi connectivity index (χ4n) is 1.68. The SMILES string of the molecule is Nc1[nH]nc2ncnc(Nc3cccc(Cl)c3)c12. The fourth-order valence-corrected chi connectivity index (χ4v) is 1.87. The number of halogens is 1. The molecule has 0 bridgehead atoms. The van der Waals surface area contributed by atoms with Gasteiger partial charge in [-0.25, -0.2) is 9.97 Å². The molecule has 2 heterocycles. The molecular weight excluding hydrogens is 252 g/mol. The van der Waals surface area contributed by atoms with Crippen molar-refractivity contribution in [2.45, 2.75) is 0 Å². The van der Waals surface area contributed by atoms with Crippen LogP contribution in [0.1, 0.15) is 0 Å². The summed E-state index contributed by atoms with van der Waals surface area (Å²) in [5, 5.41) is 11.1. The van der Waals surface area contributed by atoms with E-state index in [9.17, 15) is 0 Å². The van der Waals surface area contributed by atoms with Crippen molar-refractivity contribution >= 4 is 40.0 Å². The van der Waals surface area contributed by atoms with E-state index < -0.39 is 0 Å². The monoisotopic (exact) mass is 260 g/mol. The molecule has 0 radical (unpaired) electrons. The third-order valence-electron chi connectivity index (χ3n) is 2.47. The predicted octanol–water partition coefficient (Wildman–Crippen LogP) is 2.33. The summed E-state index contributed by atoms with van der Waals surface area (Å²) in [6.07, 6.45) is 1.43. The number of nitrogen functional groups attached to an aromatic ring is 1. The molecule has 4 N–H and O–H groups in total. The van der Waals surface area contributed by atoms with Crippen LogP contribution in [0.5, 0.6) is 0 Å². The normalized spacial score (nSPS) is 10.7. The number of nitrogens with zero attached hydrogens (tertiary/aromatic N) is 3. The predicted molar refractivity (Wildman–Crippen MR) is 70.8 cm³/mol. The van der Waals surface area contributed by atoms with Gasteiger partial charge in [-0.1, -0.05) is 17.7 Å². The van der Waals surface area contributed by atoms with Gasteiger partial charge < -0.3 is 11.1 Å². The molecule has 6 nitrogen and oxygen atoms in total. The average Bonchev–Trinajstić information content (AvgIpc) is 2.72. The Morgan fingerprint density at radius 3 is 3.00 bits per heavy atom. The van der Waals surface area contributed by atoms with Gasteiger partial charge in [-0.05, 0) is 18.2 Å². The molecule has 0 atom stereocenters. The third-order valence-corrected chi connectivity index (χ3v) is 2.70. The smallest absolute Gasteiger partial charge is 0.188 e. The first kappa shape index (κ1) is 10.8. The van der Waals surface area contributed by atoms with E-state index in [-0.39, 0.29) is 0 Å². The van der Waals surface area contributed by atoms with Crippen LogP contribution in [0.15, 0.2) is 30.6 Å². The fraction of sp³-hybridized carbons (Fsp3) is 0. The van der Waals surface area contributed by atoms with Crippen molar-refractivity contribution in [3.8, 4) is 0 Å². The minimum absolute atomic E-state index is 0.426. The Kier molecular flexibility index (Phi) is 2.49. The Morgan fingerprint density at radius 1 is 1.28 bits per heavy atom. The number of hydrogen-bond acceptors (Lipinski definition) is 5. The highest BCUT2D eigenvalue weighted by Crippen LogP contribution is 2.26. The second-order valence-corrected chi connectivity index (χ2v) is 4.13. The van der Waals surface area contributed by atoms with E-state index in [1.54, 1.807) is 12.1 Å². The lowest BCUT2D eigenvalue weighted by atomic mass is 10.3. The van der Waals surface area contributed by atoms with Gasteiger partial charge >= 0.3 is 0 Å². The van der Waals surface area contributed by atoms with E-state index in [0.717, 1.165) is 5.69 Å². The van der Waals surface area contributed by atoms with Crippen LogP contribution >= 0.6 is 11.6 Å². The first-order valence-electron chi connectivity index (χ1n) is 5.21. The van der Waals surface area contributed by atoms with Gasteiger partial charge in [-0.2, -0.15) is 5.10 Å². The Bertz CT molecular complexity index is 708. The van der Waals surface area contributed by atoms with Crippen LogP contribution in [0.4, 0.5) is 17.3 Å². The molecule has 90 valence electrons. The summed E-state index contributed by atoms with van der Waals surface area (Å²) in [5.74, 6) is 1.02. The molecule has 1 aromatic carbocycles. The number of H-pyrrole nitrogens is 1. The number of nitrogens with one attached hydrogen (secondary N) is 2. The molecule has 0 saturated heterocycles. The van der Waals surface area contributed by atoms with Crippen LogP contribution in [-0.4, -0.2) is 20.2 Å². The Labute approximate surface area is 107 Å². The molecule has 2 aromatic heterocycles. The van der Waals surface area contributed by atoms with Gasteiger partial charge in [0.1, 0.15) is 23.3 Å². The van der Waals surface area contributed by atoms with Crippen molar-refractivity contribution in [2.75, 3.05) is 11.1 Å².